The third kappa shape index (κ3) is 3.24. The quantitative estimate of drug-likeness (QED) is 0.587. The van der Waals surface area contributed by atoms with E-state index in [1.165, 1.54) is 11.1 Å². The van der Waals surface area contributed by atoms with Crippen molar-refractivity contribution < 1.29 is 0 Å². The van der Waals surface area contributed by atoms with Crippen LogP contribution in [0.5, 0.6) is 0 Å². The van der Waals surface area contributed by atoms with Gasteiger partial charge < -0.3 is 0 Å². The molecule has 2 aromatic rings. The normalized spacial score (nSPS) is 11.5. The number of nitrogens with zero attached hydrogens (tertiary/aromatic N) is 2. The molecule has 0 unspecified atom stereocenters. The van der Waals surface area contributed by atoms with Gasteiger partial charge in [0.2, 0.25) is 0 Å². The third-order valence-electron chi connectivity index (χ3n) is 3.39. The Morgan fingerprint density at radius 2 is 1.95 bits per heavy atom. The highest BCUT2D eigenvalue weighted by Gasteiger charge is 2.14. The molecule has 21 heavy (non-hydrogen) atoms. The van der Waals surface area contributed by atoms with Crippen molar-refractivity contribution >= 4 is 22.9 Å². The van der Waals surface area contributed by atoms with E-state index in [4.69, 9.17) is 4.98 Å². The van der Waals surface area contributed by atoms with Gasteiger partial charge in [0.15, 0.2) is 5.16 Å². The predicted molar refractivity (Wildman–Crippen MR) is 92.5 cm³/mol. The Bertz CT molecular complexity index is 702. The molecule has 0 atom stereocenters. The highest BCUT2D eigenvalue weighted by atomic mass is 32.2. The summed E-state index contributed by atoms with van der Waals surface area (Å²) >= 11 is 1.55. The van der Waals surface area contributed by atoms with Crippen LogP contribution in [0.1, 0.15) is 36.2 Å². The molecule has 1 aromatic heterocycles. The Morgan fingerprint density at radius 1 is 1.24 bits per heavy atom. The van der Waals surface area contributed by atoms with Crippen LogP contribution in [0.4, 0.5) is 0 Å². The number of aromatic nitrogens is 2. The first-order valence-electron chi connectivity index (χ1n) is 6.88. The summed E-state index contributed by atoms with van der Waals surface area (Å²) in [6.45, 7) is 10.2. The number of benzene rings is 1. The number of thioether (sulfide) groups is 1. The molecule has 108 valence electrons. The van der Waals surface area contributed by atoms with Crippen LogP contribution in [0.25, 0.3) is 11.1 Å². The van der Waals surface area contributed by atoms with Crippen molar-refractivity contribution in [3.63, 3.8) is 0 Å². The summed E-state index contributed by atoms with van der Waals surface area (Å²) in [6, 6.07) is 8.37. The van der Waals surface area contributed by atoms with E-state index in [0.717, 1.165) is 27.6 Å². The van der Waals surface area contributed by atoms with Gasteiger partial charge in [-0.1, -0.05) is 48.7 Å². The standard InChI is InChI=1S/C18H20N2S/c1-6-14(15-10-8-7-9-13(15)4)17-16(12(2)3)11-19-18(20-17)21-5/h6-11H,2H2,1,3-5H3/b14-6+. The molecule has 1 aromatic carbocycles. The Labute approximate surface area is 131 Å². The van der Waals surface area contributed by atoms with E-state index in [1.807, 2.05) is 26.3 Å². The SMILES string of the molecule is C=C(C)c1cnc(SC)nc1/C(=C/C)c1ccccc1C. The number of hydrogen-bond donors (Lipinski definition) is 0. The monoisotopic (exact) mass is 296 g/mol. The fourth-order valence-electron chi connectivity index (χ4n) is 2.28. The summed E-state index contributed by atoms with van der Waals surface area (Å²) in [6.07, 6.45) is 5.97. The maximum atomic E-state index is 4.72. The van der Waals surface area contributed by atoms with Gasteiger partial charge >= 0.3 is 0 Å². The van der Waals surface area contributed by atoms with Crippen molar-refractivity contribution in [2.24, 2.45) is 0 Å². The average molecular weight is 296 g/mol. The first kappa shape index (κ1) is 15.5. The summed E-state index contributed by atoms with van der Waals surface area (Å²) in [7, 11) is 0. The second kappa shape index (κ2) is 6.72. The van der Waals surface area contributed by atoms with Crippen LogP contribution < -0.4 is 0 Å². The molecule has 3 heteroatoms. The summed E-state index contributed by atoms with van der Waals surface area (Å²) in [5.41, 5.74) is 6.51. The largest absolute Gasteiger partial charge is 0.230 e. The first-order chi connectivity index (χ1) is 10.1. The van der Waals surface area contributed by atoms with Crippen LogP contribution >= 0.6 is 11.8 Å². The van der Waals surface area contributed by atoms with Gasteiger partial charge in [-0.25, -0.2) is 9.97 Å². The third-order valence-corrected chi connectivity index (χ3v) is 3.95. The van der Waals surface area contributed by atoms with Gasteiger partial charge in [-0.2, -0.15) is 0 Å². The van der Waals surface area contributed by atoms with E-state index in [1.54, 1.807) is 11.8 Å². The number of rotatable bonds is 4. The number of allylic oxidation sites excluding steroid dienone is 2. The van der Waals surface area contributed by atoms with Gasteiger partial charge in [0.1, 0.15) is 0 Å². The molecule has 0 radical (unpaired) electrons. The van der Waals surface area contributed by atoms with Gasteiger partial charge in [0.05, 0.1) is 5.69 Å². The Kier molecular flexibility index (Phi) is 4.97. The van der Waals surface area contributed by atoms with Crippen molar-refractivity contribution in [3.8, 4) is 0 Å². The summed E-state index contributed by atoms with van der Waals surface area (Å²) in [5.74, 6) is 0. The zero-order valence-corrected chi connectivity index (χ0v) is 13.8. The summed E-state index contributed by atoms with van der Waals surface area (Å²) in [4.78, 5) is 9.10. The Balaban J connectivity index is 2.68. The molecular formula is C18H20N2S. The van der Waals surface area contributed by atoms with Gasteiger partial charge in [0.25, 0.3) is 0 Å². The van der Waals surface area contributed by atoms with Crippen molar-refractivity contribution in [2.75, 3.05) is 6.26 Å². The zero-order valence-electron chi connectivity index (χ0n) is 13.0. The molecule has 0 aliphatic rings. The van der Waals surface area contributed by atoms with Gasteiger partial charge in [0, 0.05) is 17.3 Å². The minimum Gasteiger partial charge on any atom is -0.230 e. The van der Waals surface area contributed by atoms with Crippen LogP contribution in [0.3, 0.4) is 0 Å². The fourth-order valence-corrected chi connectivity index (χ4v) is 2.62. The van der Waals surface area contributed by atoms with Crippen molar-refractivity contribution in [1.82, 2.24) is 9.97 Å². The zero-order chi connectivity index (χ0) is 15.4. The first-order valence-corrected chi connectivity index (χ1v) is 8.10. The Morgan fingerprint density at radius 3 is 2.52 bits per heavy atom. The topological polar surface area (TPSA) is 25.8 Å². The molecule has 0 spiro atoms. The van der Waals surface area contributed by atoms with E-state index in [9.17, 15) is 0 Å². The molecule has 2 rings (SSSR count). The molecular weight excluding hydrogens is 276 g/mol. The molecule has 0 saturated heterocycles. The van der Waals surface area contributed by atoms with Gasteiger partial charge in [-0.05, 0) is 43.7 Å². The summed E-state index contributed by atoms with van der Waals surface area (Å²) in [5, 5.41) is 0.780. The van der Waals surface area contributed by atoms with Crippen LogP contribution in [-0.4, -0.2) is 16.2 Å². The highest BCUT2D eigenvalue weighted by molar-refractivity contribution is 7.98. The minimum absolute atomic E-state index is 0.780. The highest BCUT2D eigenvalue weighted by Crippen LogP contribution is 2.30. The number of aryl methyl sites for hydroxylation is 1. The van der Waals surface area contributed by atoms with E-state index in [0.29, 0.717) is 0 Å². The molecule has 2 nitrogen and oxygen atoms in total. The number of hydrogen-bond acceptors (Lipinski definition) is 3. The second-order valence-electron chi connectivity index (χ2n) is 4.92. The molecule has 0 aliphatic carbocycles. The molecule has 1 heterocycles. The van der Waals surface area contributed by atoms with E-state index in [-0.39, 0.29) is 0 Å². The fraction of sp³-hybridized carbons (Fsp3) is 0.222. The molecule has 0 bridgehead atoms. The van der Waals surface area contributed by atoms with E-state index in [2.05, 4.69) is 48.8 Å². The predicted octanol–water partition coefficient (Wildman–Crippen LogP) is 4.99. The molecule has 0 amide bonds. The Hall–Kier alpha value is -1.87. The van der Waals surface area contributed by atoms with E-state index < -0.39 is 0 Å². The lowest BCUT2D eigenvalue weighted by Gasteiger charge is -2.14. The van der Waals surface area contributed by atoms with Crippen molar-refractivity contribution in [2.45, 2.75) is 25.9 Å². The van der Waals surface area contributed by atoms with Gasteiger partial charge in [-0.15, -0.1) is 0 Å². The maximum absolute atomic E-state index is 4.72. The van der Waals surface area contributed by atoms with Crippen molar-refractivity contribution in [1.29, 1.82) is 0 Å². The second-order valence-corrected chi connectivity index (χ2v) is 5.69. The maximum Gasteiger partial charge on any atom is 0.187 e. The molecule has 0 N–H and O–H groups in total. The smallest absolute Gasteiger partial charge is 0.187 e. The lowest BCUT2D eigenvalue weighted by atomic mass is 9.94. The van der Waals surface area contributed by atoms with Crippen LogP contribution in [0, 0.1) is 6.92 Å². The minimum atomic E-state index is 0.780. The average Bonchev–Trinajstić information content (AvgIpc) is 2.49. The van der Waals surface area contributed by atoms with Crippen LogP contribution in [0.2, 0.25) is 0 Å². The molecule has 0 aliphatic heterocycles. The van der Waals surface area contributed by atoms with Crippen LogP contribution in [-0.2, 0) is 0 Å². The lowest BCUT2D eigenvalue weighted by Crippen LogP contribution is -2.01. The van der Waals surface area contributed by atoms with Crippen LogP contribution in [0.15, 0.2) is 48.3 Å². The lowest BCUT2D eigenvalue weighted by molar-refractivity contribution is 0.948. The molecule has 0 saturated carbocycles. The summed E-state index contributed by atoms with van der Waals surface area (Å²) < 4.78 is 0. The van der Waals surface area contributed by atoms with E-state index >= 15 is 0 Å². The van der Waals surface area contributed by atoms with Crippen molar-refractivity contribution in [3.05, 3.63) is 65.5 Å². The van der Waals surface area contributed by atoms with Gasteiger partial charge in [-0.3, -0.25) is 0 Å². The molecule has 0 fully saturated rings.